The SMILES string of the molecule is COC(=S)c1ccccc1.Cl.NCc1ccco1.NS(=O)[O-].O=C(S)c1ccccc1. The minimum absolute atomic E-state index is 0. The lowest BCUT2D eigenvalue weighted by Crippen LogP contribution is -1.97. The average Bonchev–Trinajstić information content (AvgIpc) is 3.29. The number of hydrogen-bond acceptors (Lipinski definition) is 7. The molecule has 0 saturated carbocycles. The molecule has 170 valence electrons. The summed E-state index contributed by atoms with van der Waals surface area (Å²) >= 11 is 6.19. The molecule has 1 aromatic heterocycles. The number of methoxy groups -OCH3 is 1. The monoisotopic (exact) mass is 503 g/mol. The first-order valence-corrected chi connectivity index (χ1v) is 10.3. The van der Waals surface area contributed by atoms with Crippen LogP contribution in [0.1, 0.15) is 21.7 Å². The standard InChI is InChI=1S/C8H8OS.C7H6OS.C5H7NO.ClH.H3NO2S/c1-9-8(10)7-5-3-2-4-6-7;8-7(9)6-4-2-1-3-5-6;6-4-5-2-1-3-7-5;;1-4(2)3/h2-6H,1H3;1-5H,(H,8,9);1-3H,4,6H2;1H;1H2,(H,2,3)/p-1. The highest BCUT2D eigenvalue weighted by atomic mass is 35.5. The lowest BCUT2D eigenvalue weighted by atomic mass is 10.2. The van der Waals surface area contributed by atoms with Crippen LogP contribution in [0.4, 0.5) is 0 Å². The molecule has 0 aliphatic heterocycles. The summed E-state index contributed by atoms with van der Waals surface area (Å²) in [5.74, 6) is 0.833. The molecule has 3 rings (SSSR count). The van der Waals surface area contributed by atoms with Crippen LogP contribution in [0.15, 0.2) is 83.5 Å². The minimum atomic E-state index is -2.36. The van der Waals surface area contributed by atoms with E-state index >= 15 is 0 Å². The third-order valence-electron chi connectivity index (χ3n) is 3.00. The number of furan rings is 1. The number of thiocarbonyl (C=S) groups is 1. The second-order valence-corrected chi connectivity index (χ2v) is 6.37. The molecule has 1 unspecified atom stereocenters. The Labute approximate surface area is 201 Å². The fourth-order valence-electron chi connectivity index (χ4n) is 1.70. The van der Waals surface area contributed by atoms with Crippen LogP contribution in [-0.2, 0) is 22.5 Å². The van der Waals surface area contributed by atoms with Crippen LogP contribution >= 0.6 is 37.3 Å². The van der Waals surface area contributed by atoms with E-state index in [9.17, 15) is 4.79 Å². The van der Waals surface area contributed by atoms with Crippen LogP contribution in [0.5, 0.6) is 0 Å². The van der Waals surface area contributed by atoms with Gasteiger partial charge in [-0.15, -0.1) is 25.0 Å². The highest BCUT2D eigenvalue weighted by Gasteiger charge is 1.95. The molecule has 0 aliphatic rings. The van der Waals surface area contributed by atoms with E-state index < -0.39 is 11.3 Å². The Morgan fingerprint density at radius 3 is 1.77 bits per heavy atom. The zero-order chi connectivity index (χ0) is 22.8. The Morgan fingerprint density at radius 2 is 1.52 bits per heavy atom. The first kappa shape index (κ1) is 31.1. The van der Waals surface area contributed by atoms with E-state index in [1.807, 2.05) is 60.7 Å². The number of rotatable bonds is 3. The van der Waals surface area contributed by atoms with Crippen LogP contribution < -0.4 is 10.9 Å². The van der Waals surface area contributed by atoms with Gasteiger partial charge in [-0.25, -0.2) is 0 Å². The van der Waals surface area contributed by atoms with Gasteiger partial charge in [0.1, 0.15) is 5.76 Å². The first-order chi connectivity index (χ1) is 14.3. The fraction of sp³-hybridized carbons (Fsp3) is 0.100. The number of carbonyl (C=O) groups is 1. The maximum Gasteiger partial charge on any atom is 0.216 e. The van der Waals surface area contributed by atoms with Crippen LogP contribution in [-0.4, -0.2) is 26.0 Å². The van der Waals surface area contributed by atoms with Gasteiger partial charge >= 0.3 is 0 Å². The molecule has 11 heteroatoms. The molecule has 7 nitrogen and oxygen atoms in total. The molecule has 1 atom stereocenters. The maximum atomic E-state index is 10.5. The van der Waals surface area contributed by atoms with Crippen molar-refractivity contribution in [2.45, 2.75) is 6.54 Å². The molecule has 0 amide bonds. The molecule has 0 aliphatic carbocycles. The van der Waals surface area contributed by atoms with Crippen molar-refractivity contribution >= 4 is 58.7 Å². The Balaban J connectivity index is 0. The van der Waals surface area contributed by atoms with Crippen molar-refractivity contribution in [3.63, 3.8) is 0 Å². The number of ether oxygens (including phenoxy) is 1. The van der Waals surface area contributed by atoms with E-state index in [1.165, 1.54) is 0 Å². The van der Waals surface area contributed by atoms with Crippen LogP contribution in [0.2, 0.25) is 0 Å². The Morgan fingerprint density at radius 1 is 1.06 bits per heavy atom. The second-order valence-electron chi connectivity index (χ2n) is 5.07. The number of carbonyl (C=O) groups excluding carboxylic acids is 1. The Hall–Kier alpha value is -2.05. The zero-order valence-corrected chi connectivity index (χ0v) is 19.9. The summed E-state index contributed by atoms with van der Waals surface area (Å²) < 4.78 is 27.3. The van der Waals surface area contributed by atoms with Gasteiger partial charge in [-0.3, -0.25) is 14.1 Å². The molecule has 0 spiro atoms. The number of benzene rings is 2. The molecule has 3 aromatic rings. The molecule has 1 heterocycles. The van der Waals surface area contributed by atoms with Crippen molar-refractivity contribution in [1.29, 1.82) is 0 Å². The molecule has 4 N–H and O–H groups in total. The molecule has 31 heavy (non-hydrogen) atoms. The van der Waals surface area contributed by atoms with Crippen molar-refractivity contribution in [2.24, 2.45) is 10.9 Å². The van der Waals surface area contributed by atoms with Gasteiger partial charge in [0.05, 0.1) is 19.9 Å². The summed E-state index contributed by atoms with van der Waals surface area (Å²) in [5.41, 5.74) is 6.80. The van der Waals surface area contributed by atoms with Crippen LogP contribution in [0.3, 0.4) is 0 Å². The van der Waals surface area contributed by atoms with Crippen molar-refractivity contribution < 1.29 is 22.7 Å². The first-order valence-electron chi connectivity index (χ1n) is 8.29. The summed E-state index contributed by atoms with van der Waals surface area (Å²) in [7, 11) is 1.58. The smallest absolute Gasteiger partial charge is 0.216 e. The second kappa shape index (κ2) is 19.9. The highest BCUT2D eigenvalue weighted by molar-refractivity contribution is 7.97. The van der Waals surface area contributed by atoms with Gasteiger partial charge in [-0.05, 0) is 24.4 Å². The van der Waals surface area contributed by atoms with Crippen molar-refractivity contribution in [3.05, 3.63) is 95.9 Å². The van der Waals surface area contributed by atoms with Gasteiger partial charge < -0.3 is 19.4 Å². The molecule has 0 saturated heterocycles. The van der Waals surface area contributed by atoms with Gasteiger partial charge in [0.25, 0.3) is 0 Å². The Bertz CT molecular complexity index is 863. The highest BCUT2D eigenvalue weighted by Crippen LogP contribution is 2.01. The van der Waals surface area contributed by atoms with Crippen LogP contribution in [0.25, 0.3) is 0 Å². The lowest BCUT2D eigenvalue weighted by molar-refractivity contribution is 0.109. The van der Waals surface area contributed by atoms with E-state index in [1.54, 1.807) is 25.5 Å². The molecular weight excluding hydrogens is 480 g/mol. The summed E-state index contributed by atoms with van der Waals surface area (Å²) in [5, 5.41) is 4.39. The van der Waals surface area contributed by atoms with Gasteiger partial charge in [0.2, 0.25) is 5.12 Å². The fourth-order valence-corrected chi connectivity index (χ4v) is 1.99. The van der Waals surface area contributed by atoms with Crippen LogP contribution in [0, 0.1) is 0 Å². The number of halogens is 1. The number of nitrogens with two attached hydrogens (primary N) is 2. The lowest BCUT2D eigenvalue weighted by Gasteiger charge is -1.99. The average molecular weight is 504 g/mol. The molecule has 0 fully saturated rings. The molecular formula is C20H24ClN2O5S3-. The number of hydrogen-bond donors (Lipinski definition) is 3. The minimum Gasteiger partial charge on any atom is -0.760 e. The summed E-state index contributed by atoms with van der Waals surface area (Å²) in [6, 6.07) is 22.3. The van der Waals surface area contributed by atoms with Crippen molar-refractivity contribution in [3.8, 4) is 0 Å². The summed E-state index contributed by atoms with van der Waals surface area (Å²) in [6.45, 7) is 0.493. The van der Waals surface area contributed by atoms with Gasteiger partial charge in [0, 0.05) is 22.4 Å². The largest absolute Gasteiger partial charge is 0.760 e. The summed E-state index contributed by atoms with van der Waals surface area (Å²) in [6.07, 6.45) is 1.61. The van der Waals surface area contributed by atoms with Gasteiger partial charge in [-0.1, -0.05) is 60.7 Å². The van der Waals surface area contributed by atoms with E-state index in [4.69, 9.17) is 35.9 Å². The van der Waals surface area contributed by atoms with Crippen molar-refractivity contribution in [2.75, 3.05) is 7.11 Å². The van der Waals surface area contributed by atoms with E-state index in [0.717, 1.165) is 11.3 Å². The molecule has 0 radical (unpaired) electrons. The van der Waals surface area contributed by atoms with E-state index in [2.05, 4.69) is 17.8 Å². The predicted octanol–water partition coefficient (Wildman–Crippen LogP) is 3.66. The number of thiol groups is 1. The third kappa shape index (κ3) is 17.3. The quantitative estimate of drug-likeness (QED) is 0.282. The summed E-state index contributed by atoms with van der Waals surface area (Å²) in [4.78, 5) is 10.5. The van der Waals surface area contributed by atoms with E-state index in [0.29, 0.717) is 17.2 Å². The topological polar surface area (TPSA) is 132 Å². The molecule has 2 aromatic carbocycles. The third-order valence-corrected chi connectivity index (χ3v) is 3.66. The molecule has 0 bridgehead atoms. The van der Waals surface area contributed by atoms with Gasteiger partial charge in [-0.2, -0.15) is 0 Å². The van der Waals surface area contributed by atoms with E-state index in [-0.39, 0.29) is 17.5 Å². The normalized spacial score (nSPS) is 9.58. The predicted molar refractivity (Wildman–Crippen MR) is 132 cm³/mol. The maximum absolute atomic E-state index is 10.5. The zero-order valence-electron chi connectivity index (χ0n) is 16.6. The van der Waals surface area contributed by atoms with Gasteiger partial charge in [0.15, 0.2) is 5.05 Å². The van der Waals surface area contributed by atoms with Crippen molar-refractivity contribution in [1.82, 2.24) is 0 Å². The Kier molecular flexibility index (Phi) is 20.0.